The molecular weight excluding hydrogens is 208 g/mol. The van der Waals surface area contributed by atoms with Crippen LogP contribution in [-0.4, -0.2) is 25.7 Å². The van der Waals surface area contributed by atoms with Crippen LogP contribution in [0.15, 0.2) is 18.2 Å². The lowest BCUT2D eigenvalue weighted by Crippen LogP contribution is -2.53. The van der Waals surface area contributed by atoms with Gasteiger partial charge >= 0.3 is 0 Å². The van der Waals surface area contributed by atoms with E-state index in [2.05, 4.69) is 35.3 Å². The molecule has 0 bridgehead atoms. The number of rotatable bonds is 2. The van der Waals surface area contributed by atoms with Gasteiger partial charge in [-0.2, -0.15) is 0 Å². The van der Waals surface area contributed by atoms with E-state index in [0.29, 0.717) is 0 Å². The Hall–Kier alpha value is -1.02. The number of nitrogens with zero attached hydrogens (tertiary/aromatic N) is 1. The average molecular weight is 230 g/mol. The summed E-state index contributed by atoms with van der Waals surface area (Å²) in [6.45, 7) is 5.73. The summed E-state index contributed by atoms with van der Waals surface area (Å²) in [5.74, 6) is 0. The first kappa shape index (κ1) is 11.1. The molecule has 1 aromatic carbocycles. The van der Waals surface area contributed by atoms with Crippen molar-refractivity contribution in [1.82, 2.24) is 5.32 Å². The van der Waals surface area contributed by atoms with Gasteiger partial charge in [0.05, 0.1) is 0 Å². The van der Waals surface area contributed by atoms with Crippen LogP contribution >= 0.6 is 0 Å². The van der Waals surface area contributed by atoms with Gasteiger partial charge in [0, 0.05) is 31.4 Å². The quantitative estimate of drug-likeness (QED) is 0.839. The SMILES string of the molecule is CCCc1ccc2c(c1)N1CCNCC1CC2. The topological polar surface area (TPSA) is 15.3 Å². The number of hydrogen-bond acceptors (Lipinski definition) is 2. The molecule has 1 N–H and O–H groups in total. The summed E-state index contributed by atoms with van der Waals surface area (Å²) in [5.41, 5.74) is 4.59. The molecule has 2 nitrogen and oxygen atoms in total. The first-order chi connectivity index (χ1) is 8.38. The van der Waals surface area contributed by atoms with Crippen molar-refractivity contribution in [2.24, 2.45) is 0 Å². The van der Waals surface area contributed by atoms with Crippen LogP contribution in [0.3, 0.4) is 0 Å². The van der Waals surface area contributed by atoms with Crippen molar-refractivity contribution in [1.29, 1.82) is 0 Å². The van der Waals surface area contributed by atoms with Crippen molar-refractivity contribution in [2.75, 3.05) is 24.5 Å². The van der Waals surface area contributed by atoms with Crippen LogP contribution in [0.1, 0.15) is 30.9 Å². The maximum atomic E-state index is 3.51. The lowest BCUT2D eigenvalue weighted by atomic mass is 9.92. The van der Waals surface area contributed by atoms with E-state index < -0.39 is 0 Å². The maximum Gasteiger partial charge on any atom is 0.0418 e. The standard InChI is InChI=1S/C15H22N2/c1-2-3-12-4-5-13-6-7-14-11-16-8-9-17(14)15(13)10-12/h4-5,10,14,16H,2-3,6-9,11H2,1H3. The second-order valence-electron chi connectivity index (χ2n) is 5.30. The van der Waals surface area contributed by atoms with Crippen LogP contribution in [0.4, 0.5) is 5.69 Å². The summed E-state index contributed by atoms with van der Waals surface area (Å²) in [6.07, 6.45) is 5.02. The minimum Gasteiger partial charge on any atom is -0.366 e. The molecule has 2 aliphatic rings. The number of fused-ring (bicyclic) bond motifs is 3. The van der Waals surface area contributed by atoms with Gasteiger partial charge in [-0.25, -0.2) is 0 Å². The van der Waals surface area contributed by atoms with Gasteiger partial charge in [-0.15, -0.1) is 0 Å². The van der Waals surface area contributed by atoms with E-state index in [9.17, 15) is 0 Å². The Balaban J connectivity index is 1.93. The third-order valence-corrected chi connectivity index (χ3v) is 4.09. The molecule has 2 heteroatoms. The molecule has 2 heterocycles. The molecule has 0 amide bonds. The highest BCUT2D eigenvalue weighted by molar-refractivity contribution is 5.58. The van der Waals surface area contributed by atoms with Crippen LogP contribution in [0, 0.1) is 0 Å². The third-order valence-electron chi connectivity index (χ3n) is 4.09. The number of aryl methyl sites for hydroxylation is 2. The molecular formula is C15H22N2. The van der Waals surface area contributed by atoms with E-state index >= 15 is 0 Å². The van der Waals surface area contributed by atoms with Gasteiger partial charge in [-0.1, -0.05) is 25.5 Å². The molecule has 3 rings (SSSR count). The van der Waals surface area contributed by atoms with Gasteiger partial charge < -0.3 is 10.2 Å². The number of piperazine rings is 1. The Morgan fingerprint density at radius 2 is 2.35 bits per heavy atom. The van der Waals surface area contributed by atoms with E-state index in [0.717, 1.165) is 19.1 Å². The Morgan fingerprint density at radius 3 is 3.24 bits per heavy atom. The molecule has 1 unspecified atom stereocenters. The van der Waals surface area contributed by atoms with E-state index in [1.807, 2.05) is 0 Å². The van der Waals surface area contributed by atoms with E-state index in [1.54, 1.807) is 5.56 Å². The summed E-state index contributed by atoms with van der Waals surface area (Å²) in [6, 6.07) is 7.85. The first-order valence-corrected chi connectivity index (χ1v) is 6.97. The lowest BCUT2D eigenvalue weighted by Gasteiger charge is -2.42. The minimum atomic E-state index is 0.730. The van der Waals surface area contributed by atoms with Crippen molar-refractivity contribution in [2.45, 2.75) is 38.6 Å². The van der Waals surface area contributed by atoms with E-state index in [1.165, 1.54) is 43.5 Å². The lowest BCUT2D eigenvalue weighted by molar-refractivity contribution is 0.440. The molecule has 0 radical (unpaired) electrons. The summed E-state index contributed by atoms with van der Waals surface area (Å²) in [4.78, 5) is 2.63. The smallest absolute Gasteiger partial charge is 0.0418 e. The van der Waals surface area contributed by atoms with Crippen molar-refractivity contribution in [3.8, 4) is 0 Å². The summed E-state index contributed by atoms with van der Waals surface area (Å²) >= 11 is 0. The fourth-order valence-electron chi connectivity index (χ4n) is 3.19. The van der Waals surface area contributed by atoms with Crippen LogP contribution < -0.4 is 10.2 Å². The second-order valence-corrected chi connectivity index (χ2v) is 5.30. The Morgan fingerprint density at radius 1 is 1.41 bits per heavy atom. The Labute approximate surface area is 104 Å². The largest absolute Gasteiger partial charge is 0.366 e. The molecule has 0 spiro atoms. The highest BCUT2D eigenvalue weighted by Gasteiger charge is 2.28. The van der Waals surface area contributed by atoms with Crippen molar-refractivity contribution < 1.29 is 0 Å². The molecule has 17 heavy (non-hydrogen) atoms. The van der Waals surface area contributed by atoms with E-state index in [-0.39, 0.29) is 0 Å². The third kappa shape index (κ3) is 2.06. The highest BCUT2D eigenvalue weighted by atomic mass is 15.2. The van der Waals surface area contributed by atoms with Crippen LogP contribution in [0.2, 0.25) is 0 Å². The van der Waals surface area contributed by atoms with Gasteiger partial charge in [0.2, 0.25) is 0 Å². The highest BCUT2D eigenvalue weighted by Crippen LogP contribution is 2.32. The zero-order valence-electron chi connectivity index (χ0n) is 10.7. The predicted molar refractivity (Wildman–Crippen MR) is 72.8 cm³/mol. The van der Waals surface area contributed by atoms with Gasteiger partial charge in [0.25, 0.3) is 0 Å². The van der Waals surface area contributed by atoms with Crippen molar-refractivity contribution >= 4 is 5.69 Å². The molecule has 92 valence electrons. The summed E-state index contributed by atoms with van der Waals surface area (Å²) < 4.78 is 0. The molecule has 1 atom stereocenters. The van der Waals surface area contributed by atoms with Crippen molar-refractivity contribution in [3.05, 3.63) is 29.3 Å². The molecule has 0 saturated carbocycles. The Kier molecular flexibility index (Phi) is 3.06. The summed E-state index contributed by atoms with van der Waals surface area (Å²) in [7, 11) is 0. The molecule has 1 fully saturated rings. The van der Waals surface area contributed by atoms with Gasteiger partial charge in [-0.3, -0.25) is 0 Å². The van der Waals surface area contributed by atoms with Gasteiger partial charge in [0.1, 0.15) is 0 Å². The monoisotopic (exact) mass is 230 g/mol. The zero-order valence-corrected chi connectivity index (χ0v) is 10.7. The minimum absolute atomic E-state index is 0.730. The normalized spacial score (nSPS) is 23.1. The molecule has 0 aromatic heterocycles. The number of anilines is 1. The fraction of sp³-hybridized carbons (Fsp3) is 0.600. The fourth-order valence-corrected chi connectivity index (χ4v) is 3.19. The molecule has 2 aliphatic heterocycles. The van der Waals surface area contributed by atoms with Crippen LogP contribution in [0.5, 0.6) is 0 Å². The number of hydrogen-bond donors (Lipinski definition) is 1. The zero-order chi connectivity index (χ0) is 11.7. The van der Waals surface area contributed by atoms with Crippen molar-refractivity contribution in [3.63, 3.8) is 0 Å². The maximum absolute atomic E-state index is 3.51. The van der Waals surface area contributed by atoms with E-state index in [4.69, 9.17) is 0 Å². The van der Waals surface area contributed by atoms with Crippen LogP contribution in [0.25, 0.3) is 0 Å². The number of nitrogens with one attached hydrogen (secondary N) is 1. The first-order valence-electron chi connectivity index (χ1n) is 6.97. The van der Waals surface area contributed by atoms with Gasteiger partial charge in [-0.05, 0) is 36.5 Å². The number of benzene rings is 1. The van der Waals surface area contributed by atoms with Gasteiger partial charge in [0.15, 0.2) is 0 Å². The average Bonchev–Trinajstić information content (AvgIpc) is 2.39. The Bertz CT molecular complexity index is 400. The second kappa shape index (κ2) is 4.69. The summed E-state index contributed by atoms with van der Waals surface area (Å²) in [5, 5.41) is 3.51. The molecule has 1 saturated heterocycles. The van der Waals surface area contributed by atoms with Crippen LogP contribution in [-0.2, 0) is 12.8 Å². The molecule has 1 aromatic rings. The predicted octanol–water partition coefficient (Wildman–Crippen LogP) is 2.36. The molecule has 0 aliphatic carbocycles.